The highest BCUT2D eigenvalue weighted by molar-refractivity contribution is 6.30. The second-order valence-electron chi connectivity index (χ2n) is 9.71. The fourth-order valence-corrected chi connectivity index (χ4v) is 4.15. The highest BCUT2D eigenvalue weighted by Crippen LogP contribution is 2.31. The first-order chi connectivity index (χ1) is 16.2. The zero-order valence-corrected chi connectivity index (χ0v) is 20.9. The van der Waals surface area contributed by atoms with Crippen molar-refractivity contribution in [2.45, 2.75) is 52.1 Å². The highest BCUT2D eigenvalue weighted by atomic mass is 35.5. The fourth-order valence-electron chi connectivity index (χ4n) is 4.03. The second-order valence-corrected chi connectivity index (χ2v) is 10.1. The maximum absolute atomic E-state index is 13.0. The molecule has 1 aliphatic rings. The van der Waals surface area contributed by atoms with Crippen molar-refractivity contribution in [2.24, 2.45) is 11.8 Å². The third-order valence-corrected chi connectivity index (χ3v) is 5.94. The van der Waals surface area contributed by atoms with Gasteiger partial charge in [0.15, 0.2) is 0 Å². The summed E-state index contributed by atoms with van der Waals surface area (Å²) in [5.74, 6) is 0.384. The minimum absolute atomic E-state index is 0.0190. The maximum Gasteiger partial charge on any atom is 0.418 e. The van der Waals surface area contributed by atoms with Crippen molar-refractivity contribution in [3.8, 4) is 0 Å². The largest absolute Gasteiger partial charge is 0.458 e. The number of hydrogen-bond acceptors (Lipinski definition) is 5. The van der Waals surface area contributed by atoms with Crippen LogP contribution in [0.15, 0.2) is 54.6 Å². The number of hydrogen-bond donors (Lipinski definition) is 0. The zero-order valence-electron chi connectivity index (χ0n) is 20.2. The Labute approximate surface area is 207 Å². The summed E-state index contributed by atoms with van der Waals surface area (Å²) >= 11 is 6.02. The normalized spacial score (nSPS) is 18.2. The van der Waals surface area contributed by atoms with E-state index >= 15 is 0 Å². The van der Waals surface area contributed by atoms with Crippen molar-refractivity contribution >= 4 is 35.0 Å². The van der Waals surface area contributed by atoms with Crippen molar-refractivity contribution in [3.05, 3.63) is 59.6 Å². The lowest BCUT2D eigenvalue weighted by atomic mass is 9.83. The molecule has 6 nitrogen and oxygen atoms in total. The Morgan fingerprint density at radius 1 is 0.882 bits per heavy atom. The van der Waals surface area contributed by atoms with Crippen LogP contribution in [0.2, 0.25) is 5.02 Å². The van der Waals surface area contributed by atoms with Crippen LogP contribution < -0.4 is 4.90 Å². The molecule has 0 spiro atoms. The average molecular weight is 488 g/mol. The number of nitrogens with zero attached hydrogens (tertiary/aromatic N) is 1. The number of esters is 1. The Morgan fingerprint density at radius 3 is 2.03 bits per heavy atom. The summed E-state index contributed by atoms with van der Waals surface area (Å²) in [6, 6.07) is 16.5. The minimum atomic E-state index is -0.500. The lowest BCUT2D eigenvalue weighted by Crippen LogP contribution is -2.30. The van der Waals surface area contributed by atoms with E-state index in [-0.39, 0.29) is 12.6 Å². The predicted octanol–water partition coefficient (Wildman–Crippen LogP) is 6.78. The molecular formula is C27H34ClNO5. The van der Waals surface area contributed by atoms with Gasteiger partial charge in [-0.2, -0.15) is 0 Å². The average Bonchev–Trinajstić information content (AvgIpc) is 2.79. The summed E-state index contributed by atoms with van der Waals surface area (Å²) in [5.41, 5.74) is 0.937. The van der Waals surface area contributed by atoms with E-state index in [1.165, 1.54) is 0 Å². The van der Waals surface area contributed by atoms with Gasteiger partial charge in [0.1, 0.15) is 12.2 Å². The van der Waals surface area contributed by atoms with Gasteiger partial charge in [-0.3, -0.25) is 0 Å². The Hall–Kier alpha value is -2.57. The topological polar surface area (TPSA) is 65.1 Å². The van der Waals surface area contributed by atoms with Crippen LogP contribution in [0.5, 0.6) is 0 Å². The molecule has 2 aromatic carbocycles. The Balaban J connectivity index is 1.45. The van der Waals surface area contributed by atoms with E-state index in [0.717, 1.165) is 31.4 Å². The molecule has 0 aromatic heterocycles. The zero-order chi connectivity index (χ0) is 24.6. The summed E-state index contributed by atoms with van der Waals surface area (Å²) in [5, 5.41) is 0.608. The Bertz CT molecular complexity index is 918. The van der Waals surface area contributed by atoms with Crippen LogP contribution in [0.25, 0.3) is 0 Å². The van der Waals surface area contributed by atoms with Gasteiger partial charge in [-0.25, -0.2) is 14.5 Å². The number of anilines is 2. The maximum atomic E-state index is 13.0. The predicted molar refractivity (Wildman–Crippen MR) is 133 cm³/mol. The van der Waals surface area contributed by atoms with Crippen LogP contribution in [0.1, 0.15) is 46.5 Å². The van der Waals surface area contributed by atoms with E-state index in [0.29, 0.717) is 35.8 Å². The Kier molecular flexibility index (Phi) is 9.36. The third kappa shape index (κ3) is 8.33. The van der Waals surface area contributed by atoms with E-state index in [9.17, 15) is 9.59 Å². The fraction of sp³-hybridized carbons (Fsp3) is 0.481. The lowest BCUT2D eigenvalue weighted by Gasteiger charge is -2.29. The molecule has 0 saturated heterocycles. The number of amides is 1. The van der Waals surface area contributed by atoms with Gasteiger partial charge < -0.3 is 14.2 Å². The molecule has 0 aliphatic heterocycles. The molecule has 0 atom stereocenters. The molecule has 1 aliphatic carbocycles. The molecule has 7 heteroatoms. The summed E-state index contributed by atoms with van der Waals surface area (Å²) in [6.07, 6.45) is 3.48. The van der Waals surface area contributed by atoms with Gasteiger partial charge in [0.2, 0.25) is 0 Å². The first-order valence-electron chi connectivity index (χ1n) is 11.8. The van der Waals surface area contributed by atoms with Gasteiger partial charge >= 0.3 is 12.1 Å². The molecule has 0 heterocycles. The molecule has 0 unspecified atom stereocenters. The van der Waals surface area contributed by atoms with E-state index < -0.39 is 11.7 Å². The molecule has 34 heavy (non-hydrogen) atoms. The third-order valence-electron chi connectivity index (χ3n) is 5.68. The Morgan fingerprint density at radius 2 is 1.44 bits per heavy atom. The minimum Gasteiger partial charge on any atom is -0.458 e. The van der Waals surface area contributed by atoms with Crippen molar-refractivity contribution in [3.63, 3.8) is 0 Å². The number of halogens is 1. The van der Waals surface area contributed by atoms with Gasteiger partial charge in [-0.1, -0.05) is 29.8 Å². The van der Waals surface area contributed by atoms with Crippen LogP contribution in [-0.2, 0) is 19.0 Å². The summed E-state index contributed by atoms with van der Waals surface area (Å²) in [7, 11) is 0. The summed E-state index contributed by atoms with van der Waals surface area (Å²) in [4.78, 5) is 26.4. The smallest absolute Gasteiger partial charge is 0.418 e. The van der Waals surface area contributed by atoms with Crippen LogP contribution in [-0.4, -0.2) is 37.5 Å². The number of benzene rings is 2. The van der Waals surface area contributed by atoms with Gasteiger partial charge in [-0.15, -0.1) is 0 Å². The van der Waals surface area contributed by atoms with Crippen LogP contribution >= 0.6 is 11.6 Å². The van der Waals surface area contributed by atoms with Crippen molar-refractivity contribution < 1.29 is 23.8 Å². The number of rotatable bonds is 8. The van der Waals surface area contributed by atoms with Crippen LogP contribution in [0.3, 0.4) is 0 Å². The van der Waals surface area contributed by atoms with E-state index in [1.807, 2.05) is 51.1 Å². The molecule has 1 fully saturated rings. The number of carbonyl (C=O) groups excluding carboxylic acids is 2. The van der Waals surface area contributed by atoms with Crippen molar-refractivity contribution in [1.82, 2.24) is 0 Å². The van der Waals surface area contributed by atoms with Crippen molar-refractivity contribution in [1.29, 1.82) is 0 Å². The molecule has 0 radical (unpaired) electrons. The van der Waals surface area contributed by atoms with Crippen molar-refractivity contribution in [2.75, 3.05) is 24.7 Å². The molecule has 0 bridgehead atoms. The van der Waals surface area contributed by atoms with E-state index in [4.69, 9.17) is 25.8 Å². The molecule has 1 saturated carbocycles. The van der Waals surface area contributed by atoms with Gasteiger partial charge in [0, 0.05) is 5.02 Å². The summed E-state index contributed by atoms with van der Waals surface area (Å²) in [6.45, 7) is 6.43. The first-order valence-corrected chi connectivity index (χ1v) is 12.2. The quantitative estimate of drug-likeness (QED) is 0.384. The highest BCUT2D eigenvalue weighted by Gasteiger charge is 2.25. The summed E-state index contributed by atoms with van der Waals surface area (Å²) < 4.78 is 16.6. The van der Waals surface area contributed by atoms with Gasteiger partial charge in [0.05, 0.1) is 24.6 Å². The SMILES string of the molecule is CC(C)(C)OC(=O)COC[C@H]1CC[C@H](COC(=O)N(c2ccccc2)c2ccc(Cl)cc2)CC1. The molecule has 0 N–H and O–H groups in total. The molecule has 184 valence electrons. The van der Waals surface area contributed by atoms with E-state index in [2.05, 4.69) is 0 Å². The van der Waals surface area contributed by atoms with Gasteiger partial charge in [0.25, 0.3) is 0 Å². The monoisotopic (exact) mass is 487 g/mol. The number of carbonyl (C=O) groups is 2. The number of ether oxygens (including phenoxy) is 3. The number of para-hydroxylation sites is 1. The first kappa shape index (κ1) is 26.0. The van der Waals surface area contributed by atoms with Crippen LogP contribution in [0.4, 0.5) is 16.2 Å². The lowest BCUT2D eigenvalue weighted by molar-refractivity contribution is -0.160. The van der Waals surface area contributed by atoms with E-state index in [1.54, 1.807) is 29.2 Å². The second kappa shape index (κ2) is 12.2. The van der Waals surface area contributed by atoms with Crippen LogP contribution in [0, 0.1) is 11.8 Å². The molecular weight excluding hydrogens is 454 g/mol. The van der Waals surface area contributed by atoms with Gasteiger partial charge in [-0.05, 0) is 94.7 Å². The standard InChI is InChI=1S/C27H34ClNO5/c1-27(2,3)34-25(30)19-32-17-20-9-11-21(12-10-20)18-33-26(31)29(23-7-5-4-6-8-23)24-15-13-22(28)14-16-24/h4-8,13-16,20-21H,9-12,17-19H2,1-3H3/t20-,21-. The molecule has 1 amide bonds. The molecule has 3 rings (SSSR count). The molecule has 2 aromatic rings.